The van der Waals surface area contributed by atoms with E-state index in [0.717, 1.165) is 6.07 Å². The highest BCUT2D eigenvalue weighted by Gasteiger charge is 2.34. The average Bonchev–Trinajstić information content (AvgIpc) is 2.61. The molecule has 1 heterocycles. The van der Waals surface area contributed by atoms with Gasteiger partial charge in [0, 0.05) is 18.9 Å². The van der Waals surface area contributed by atoms with E-state index in [1.165, 1.54) is 17.0 Å². The summed E-state index contributed by atoms with van der Waals surface area (Å²) in [6.07, 6.45) is -0.101. The molecule has 1 saturated heterocycles. The standard InChI is InChI=1S/C11H10ClF2NO3S/c12-11-8(13)2-1-3-9(11)15-5-7(4-10(15)16)6-19(14,17)18/h1-3,7H,4-6H2. The third-order valence-electron chi connectivity index (χ3n) is 2.86. The number of carbonyl (C=O) groups excluding carboxylic acids is 1. The van der Waals surface area contributed by atoms with Gasteiger partial charge in [-0.3, -0.25) is 4.79 Å². The second kappa shape index (κ2) is 5.05. The van der Waals surface area contributed by atoms with Crippen LogP contribution < -0.4 is 4.90 Å². The van der Waals surface area contributed by atoms with E-state index in [9.17, 15) is 21.5 Å². The number of benzene rings is 1. The number of anilines is 1. The van der Waals surface area contributed by atoms with Gasteiger partial charge in [-0.1, -0.05) is 17.7 Å². The molecule has 1 aromatic rings. The number of hydrogen-bond donors (Lipinski definition) is 0. The molecule has 1 amide bonds. The van der Waals surface area contributed by atoms with E-state index in [-0.39, 0.29) is 23.7 Å². The highest BCUT2D eigenvalue weighted by molar-refractivity contribution is 7.86. The third-order valence-corrected chi connectivity index (χ3v) is 4.11. The molecular weight excluding hydrogens is 300 g/mol. The lowest BCUT2D eigenvalue weighted by Gasteiger charge is -2.18. The van der Waals surface area contributed by atoms with E-state index in [1.54, 1.807) is 0 Å². The first kappa shape index (κ1) is 14.2. The largest absolute Gasteiger partial charge is 0.310 e. The van der Waals surface area contributed by atoms with Gasteiger partial charge in [0.2, 0.25) is 5.91 Å². The van der Waals surface area contributed by atoms with Crippen LogP contribution in [0.1, 0.15) is 6.42 Å². The molecule has 0 aliphatic carbocycles. The minimum Gasteiger partial charge on any atom is -0.310 e. The zero-order chi connectivity index (χ0) is 14.2. The number of hydrogen-bond acceptors (Lipinski definition) is 3. The number of amides is 1. The van der Waals surface area contributed by atoms with E-state index in [4.69, 9.17) is 11.6 Å². The summed E-state index contributed by atoms with van der Waals surface area (Å²) in [6, 6.07) is 3.99. The molecule has 1 aliphatic rings. The molecule has 1 aliphatic heterocycles. The predicted octanol–water partition coefficient (Wildman–Crippen LogP) is 2.13. The Morgan fingerprint density at radius 1 is 1.42 bits per heavy atom. The van der Waals surface area contributed by atoms with Gasteiger partial charge in [-0.05, 0) is 12.1 Å². The first-order valence-corrected chi connectivity index (χ1v) is 7.37. The number of rotatable bonds is 3. The lowest BCUT2D eigenvalue weighted by Crippen LogP contribution is -2.25. The Labute approximate surface area is 114 Å². The van der Waals surface area contributed by atoms with Crippen LogP contribution in [0.3, 0.4) is 0 Å². The van der Waals surface area contributed by atoms with Crippen LogP contribution in [-0.2, 0) is 15.0 Å². The highest BCUT2D eigenvalue weighted by Crippen LogP contribution is 2.33. The molecule has 1 unspecified atom stereocenters. The summed E-state index contributed by atoms with van der Waals surface area (Å²) in [5, 5.41) is -0.209. The van der Waals surface area contributed by atoms with Crippen molar-refractivity contribution >= 4 is 33.4 Å². The van der Waals surface area contributed by atoms with Gasteiger partial charge in [-0.15, -0.1) is 3.89 Å². The molecule has 4 nitrogen and oxygen atoms in total. The molecule has 19 heavy (non-hydrogen) atoms. The van der Waals surface area contributed by atoms with Crippen LogP contribution in [0.25, 0.3) is 0 Å². The first-order valence-electron chi connectivity index (χ1n) is 5.44. The van der Waals surface area contributed by atoms with Crippen molar-refractivity contribution in [1.29, 1.82) is 0 Å². The van der Waals surface area contributed by atoms with E-state index >= 15 is 0 Å². The predicted molar refractivity (Wildman–Crippen MR) is 66.8 cm³/mol. The van der Waals surface area contributed by atoms with Gasteiger partial charge < -0.3 is 4.90 Å². The van der Waals surface area contributed by atoms with Gasteiger partial charge in [0.1, 0.15) is 10.8 Å². The monoisotopic (exact) mass is 309 g/mol. The van der Waals surface area contributed by atoms with Crippen molar-refractivity contribution in [1.82, 2.24) is 0 Å². The van der Waals surface area contributed by atoms with Gasteiger partial charge in [-0.25, -0.2) is 4.39 Å². The Kier molecular flexibility index (Phi) is 3.78. The molecule has 8 heteroatoms. The SMILES string of the molecule is O=C1CC(CS(=O)(=O)F)CN1c1cccc(F)c1Cl. The molecule has 104 valence electrons. The molecule has 1 fully saturated rings. The van der Waals surface area contributed by atoms with Crippen LogP contribution in [0.2, 0.25) is 5.02 Å². The number of halogens is 3. The molecule has 0 radical (unpaired) electrons. The molecule has 0 saturated carbocycles. The van der Waals surface area contributed by atoms with E-state index < -0.39 is 33.6 Å². The quantitative estimate of drug-likeness (QED) is 0.804. The molecule has 0 bridgehead atoms. The molecular formula is C11H10ClF2NO3S. The van der Waals surface area contributed by atoms with Gasteiger partial charge in [-0.2, -0.15) is 8.42 Å². The second-order valence-electron chi connectivity index (χ2n) is 4.35. The zero-order valence-corrected chi connectivity index (χ0v) is 11.2. The fourth-order valence-corrected chi connectivity index (χ4v) is 3.12. The fourth-order valence-electron chi connectivity index (χ4n) is 2.11. The van der Waals surface area contributed by atoms with Crippen molar-refractivity contribution in [2.45, 2.75) is 6.42 Å². The van der Waals surface area contributed by atoms with Crippen LogP contribution >= 0.6 is 11.6 Å². The summed E-state index contributed by atoms with van der Waals surface area (Å²) >= 11 is 5.76. The molecule has 1 aromatic carbocycles. The van der Waals surface area contributed by atoms with Gasteiger partial charge in [0.25, 0.3) is 0 Å². The maximum absolute atomic E-state index is 13.3. The van der Waals surface area contributed by atoms with Crippen molar-refractivity contribution in [2.75, 3.05) is 17.2 Å². The first-order chi connectivity index (χ1) is 8.78. The van der Waals surface area contributed by atoms with Crippen LogP contribution in [0.5, 0.6) is 0 Å². The average molecular weight is 310 g/mol. The summed E-state index contributed by atoms with van der Waals surface area (Å²) in [6.45, 7) is 0.00512. The van der Waals surface area contributed by atoms with Crippen molar-refractivity contribution in [3.8, 4) is 0 Å². The Balaban J connectivity index is 2.23. The molecule has 0 aromatic heterocycles. The summed E-state index contributed by atoms with van der Waals surface area (Å²) in [4.78, 5) is 12.9. The van der Waals surface area contributed by atoms with E-state index in [0.29, 0.717) is 0 Å². The van der Waals surface area contributed by atoms with Gasteiger partial charge >= 0.3 is 10.2 Å². The minimum absolute atomic E-state index is 0.00512. The van der Waals surface area contributed by atoms with Gasteiger partial charge in [0.05, 0.1) is 11.4 Å². The van der Waals surface area contributed by atoms with Crippen molar-refractivity contribution < 1.29 is 21.5 Å². The minimum atomic E-state index is -4.64. The summed E-state index contributed by atoms with van der Waals surface area (Å²) in [5.74, 6) is -2.45. The Bertz CT molecular complexity index is 620. The summed E-state index contributed by atoms with van der Waals surface area (Å²) in [7, 11) is -4.64. The molecule has 2 rings (SSSR count). The van der Waals surface area contributed by atoms with Crippen LogP contribution in [0.4, 0.5) is 14.0 Å². The van der Waals surface area contributed by atoms with Crippen molar-refractivity contribution in [2.24, 2.45) is 5.92 Å². The second-order valence-corrected chi connectivity index (χ2v) is 6.14. The molecule has 1 atom stereocenters. The lowest BCUT2D eigenvalue weighted by atomic mass is 10.1. The summed E-state index contributed by atoms with van der Waals surface area (Å²) in [5.41, 5.74) is 0.172. The Morgan fingerprint density at radius 2 is 2.11 bits per heavy atom. The number of carbonyl (C=O) groups is 1. The van der Waals surface area contributed by atoms with Crippen molar-refractivity contribution in [3.63, 3.8) is 0 Å². The summed E-state index contributed by atoms with van der Waals surface area (Å²) < 4.78 is 47.1. The van der Waals surface area contributed by atoms with Crippen LogP contribution in [0.15, 0.2) is 18.2 Å². The Morgan fingerprint density at radius 3 is 2.74 bits per heavy atom. The maximum atomic E-state index is 13.3. The fraction of sp³-hybridized carbons (Fsp3) is 0.364. The molecule has 0 N–H and O–H groups in total. The van der Waals surface area contributed by atoms with Gasteiger partial charge in [0.15, 0.2) is 0 Å². The highest BCUT2D eigenvalue weighted by atomic mass is 35.5. The van der Waals surface area contributed by atoms with E-state index in [2.05, 4.69) is 0 Å². The maximum Gasteiger partial charge on any atom is 0.302 e. The molecule has 0 spiro atoms. The number of nitrogens with zero attached hydrogens (tertiary/aromatic N) is 1. The van der Waals surface area contributed by atoms with Crippen LogP contribution in [-0.4, -0.2) is 26.6 Å². The van der Waals surface area contributed by atoms with Crippen molar-refractivity contribution in [3.05, 3.63) is 29.0 Å². The third kappa shape index (κ3) is 3.22. The van der Waals surface area contributed by atoms with Crippen LogP contribution in [0, 0.1) is 11.7 Å². The van der Waals surface area contributed by atoms with E-state index in [1.807, 2.05) is 0 Å². The normalized spacial score (nSPS) is 20.1. The smallest absolute Gasteiger partial charge is 0.302 e. The zero-order valence-electron chi connectivity index (χ0n) is 9.64. The Hall–Kier alpha value is -1.21. The lowest BCUT2D eigenvalue weighted by molar-refractivity contribution is -0.117. The topological polar surface area (TPSA) is 54.5 Å².